The molecule has 0 bridgehead atoms. The second-order valence-corrected chi connectivity index (χ2v) is 6.48. The van der Waals surface area contributed by atoms with Crippen molar-refractivity contribution in [3.05, 3.63) is 0 Å². The average Bonchev–Trinajstić information content (AvgIpc) is 2.37. The molecule has 2 nitrogen and oxygen atoms in total. The average molecular weight is 291 g/mol. The zero-order chi connectivity index (χ0) is 14.9. The summed E-state index contributed by atoms with van der Waals surface area (Å²) in [5, 5.41) is 0. The number of carbonyl (C=O) groups is 1. The summed E-state index contributed by atoms with van der Waals surface area (Å²) in [7, 11) is 0. The van der Waals surface area contributed by atoms with Crippen LogP contribution >= 0.6 is 0 Å². The first-order valence-electron chi connectivity index (χ1n) is 7.69. The summed E-state index contributed by atoms with van der Waals surface area (Å²) in [6.45, 7) is 4.02. The third-order valence-electron chi connectivity index (χ3n) is 4.93. The van der Waals surface area contributed by atoms with Crippen LogP contribution in [0.1, 0.15) is 58.8 Å². The van der Waals surface area contributed by atoms with E-state index in [4.69, 9.17) is 0 Å². The molecule has 0 N–H and O–H groups in total. The molecular weight excluding hydrogens is 267 g/mol. The van der Waals surface area contributed by atoms with E-state index in [-0.39, 0.29) is 30.8 Å². The van der Waals surface area contributed by atoms with Crippen LogP contribution < -0.4 is 0 Å². The molecule has 5 heteroatoms. The molecule has 116 valence electrons. The molecule has 0 aromatic carbocycles. The predicted octanol–water partition coefficient (Wildman–Crippen LogP) is 4.14. The molecule has 20 heavy (non-hydrogen) atoms. The fraction of sp³-hybridized carbons (Fsp3) is 0.933. The summed E-state index contributed by atoms with van der Waals surface area (Å²) in [4.78, 5) is 14.5. The van der Waals surface area contributed by atoms with Crippen molar-refractivity contribution < 1.29 is 18.0 Å². The van der Waals surface area contributed by atoms with Gasteiger partial charge < -0.3 is 4.90 Å². The molecule has 0 radical (unpaired) electrons. The molecule has 1 saturated heterocycles. The maximum Gasteiger partial charge on any atom is 0.391 e. The summed E-state index contributed by atoms with van der Waals surface area (Å²) in [6, 6.07) is 0.329. The lowest BCUT2D eigenvalue weighted by Crippen LogP contribution is -2.50. The Kier molecular flexibility index (Phi) is 4.65. The Balaban J connectivity index is 2.04. The summed E-state index contributed by atoms with van der Waals surface area (Å²) < 4.78 is 38.5. The van der Waals surface area contributed by atoms with Crippen LogP contribution in [0.3, 0.4) is 0 Å². The number of carbonyl (C=O) groups excluding carboxylic acids is 1. The lowest BCUT2D eigenvalue weighted by Gasteiger charge is -2.42. The molecular formula is C15H24F3NO. The van der Waals surface area contributed by atoms with Gasteiger partial charge in [-0.15, -0.1) is 0 Å². The molecule has 2 aliphatic rings. The lowest BCUT2D eigenvalue weighted by molar-refractivity contribution is -0.187. The number of hydrogen-bond donors (Lipinski definition) is 0. The van der Waals surface area contributed by atoms with Gasteiger partial charge in [0.05, 0.1) is 5.92 Å². The molecule has 2 fully saturated rings. The topological polar surface area (TPSA) is 20.3 Å². The van der Waals surface area contributed by atoms with Crippen LogP contribution in [0.2, 0.25) is 0 Å². The van der Waals surface area contributed by atoms with Crippen LogP contribution in [0.25, 0.3) is 0 Å². The number of nitrogens with zero attached hydrogens (tertiary/aromatic N) is 1. The first-order valence-corrected chi connectivity index (χ1v) is 7.69. The quantitative estimate of drug-likeness (QED) is 0.711. The molecule has 1 heterocycles. The van der Waals surface area contributed by atoms with Crippen molar-refractivity contribution in [1.82, 2.24) is 4.90 Å². The van der Waals surface area contributed by atoms with Gasteiger partial charge in [0, 0.05) is 18.0 Å². The highest BCUT2D eigenvalue weighted by Crippen LogP contribution is 2.41. The second kappa shape index (κ2) is 5.94. The van der Waals surface area contributed by atoms with Gasteiger partial charge in [-0.1, -0.05) is 6.42 Å². The molecule has 1 aliphatic heterocycles. The maximum absolute atomic E-state index is 12.8. The first-order chi connectivity index (χ1) is 9.30. The zero-order valence-corrected chi connectivity index (χ0v) is 12.2. The molecule has 0 unspecified atom stereocenters. The van der Waals surface area contributed by atoms with E-state index in [1.807, 2.05) is 18.7 Å². The van der Waals surface area contributed by atoms with Crippen LogP contribution in [-0.2, 0) is 4.79 Å². The van der Waals surface area contributed by atoms with Crippen LogP contribution in [0.5, 0.6) is 0 Å². The van der Waals surface area contributed by atoms with Crippen LogP contribution in [0.4, 0.5) is 13.2 Å². The molecule has 0 aromatic rings. The van der Waals surface area contributed by atoms with Crippen molar-refractivity contribution in [2.45, 2.75) is 77.1 Å². The molecule has 0 aromatic heterocycles. The Labute approximate surface area is 118 Å². The van der Waals surface area contributed by atoms with Gasteiger partial charge in [0.1, 0.15) is 0 Å². The van der Waals surface area contributed by atoms with Crippen molar-refractivity contribution in [2.75, 3.05) is 0 Å². The number of halogens is 3. The summed E-state index contributed by atoms with van der Waals surface area (Å²) in [5.74, 6) is -1.77. The van der Waals surface area contributed by atoms with E-state index in [9.17, 15) is 18.0 Å². The number of piperidine rings is 1. The van der Waals surface area contributed by atoms with Gasteiger partial charge in [-0.05, 0) is 52.4 Å². The van der Waals surface area contributed by atoms with Crippen molar-refractivity contribution in [3.63, 3.8) is 0 Å². The highest BCUT2D eigenvalue weighted by atomic mass is 19.4. The highest BCUT2D eigenvalue weighted by molar-refractivity contribution is 5.79. The van der Waals surface area contributed by atoms with Gasteiger partial charge >= 0.3 is 6.18 Å². The highest BCUT2D eigenvalue weighted by Gasteiger charge is 2.45. The number of alkyl halides is 3. The van der Waals surface area contributed by atoms with E-state index in [1.54, 1.807) is 0 Å². The fourth-order valence-electron chi connectivity index (χ4n) is 3.78. The Morgan fingerprint density at radius 1 is 1.00 bits per heavy atom. The number of hydrogen-bond acceptors (Lipinski definition) is 1. The number of likely N-dealkylation sites (tertiary alicyclic amines) is 1. The third kappa shape index (κ3) is 3.29. The minimum absolute atomic E-state index is 0.0156. The van der Waals surface area contributed by atoms with E-state index in [1.165, 1.54) is 0 Å². The van der Waals surface area contributed by atoms with Gasteiger partial charge in [0.2, 0.25) is 5.91 Å². The normalized spacial score (nSPS) is 36.0. The summed E-state index contributed by atoms with van der Waals surface area (Å²) in [5.41, 5.74) is 0. The van der Waals surface area contributed by atoms with E-state index < -0.39 is 18.0 Å². The van der Waals surface area contributed by atoms with E-state index in [0.29, 0.717) is 12.8 Å². The van der Waals surface area contributed by atoms with Crippen molar-refractivity contribution in [1.29, 1.82) is 0 Å². The van der Waals surface area contributed by atoms with Crippen molar-refractivity contribution in [3.8, 4) is 0 Å². The Morgan fingerprint density at radius 3 is 2.10 bits per heavy atom. The number of rotatable bonds is 1. The Morgan fingerprint density at radius 2 is 1.55 bits per heavy atom. The van der Waals surface area contributed by atoms with Crippen LogP contribution in [-0.4, -0.2) is 29.1 Å². The van der Waals surface area contributed by atoms with Gasteiger partial charge in [0.15, 0.2) is 0 Å². The minimum atomic E-state index is -4.15. The van der Waals surface area contributed by atoms with E-state index in [2.05, 4.69) is 0 Å². The molecule has 0 spiro atoms. The van der Waals surface area contributed by atoms with E-state index >= 15 is 0 Å². The minimum Gasteiger partial charge on any atom is -0.337 e. The summed E-state index contributed by atoms with van der Waals surface area (Å²) in [6.07, 6.45) is 0.159. The van der Waals surface area contributed by atoms with Crippen molar-refractivity contribution in [2.24, 2.45) is 11.8 Å². The van der Waals surface area contributed by atoms with Gasteiger partial charge in [-0.2, -0.15) is 13.2 Å². The fourth-order valence-corrected chi connectivity index (χ4v) is 3.78. The SMILES string of the molecule is C[C@@H]1CCC[C@H](C)N1C(=O)[C@H]1CCC[C@@H](C(F)(F)F)C1. The van der Waals surface area contributed by atoms with Crippen molar-refractivity contribution >= 4 is 5.91 Å². The molecule has 4 atom stereocenters. The first kappa shape index (κ1) is 15.6. The van der Waals surface area contributed by atoms with Gasteiger partial charge in [-0.25, -0.2) is 0 Å². The lowest BCUT2D eigenvalue weighted by atomic mass is 9.79. The van der Waals surface area contributed by atoms with Crippen LogP contribution in [0, 0.1) is 11.8 Å². The molecule has 1 aliphatic carbocycles. The Hall–Kier alpha value is -0.740. The molecule has 1 saturated carbocycles. The molecule has 2 rings (SSSR count). The monoisotopic (exact) mass is 291 g/mol. The van der Waals surface area contributed by atoms with Crippen LogP contribution in [0.15, 0.2) is 0 Å². The maximum atomic E-state index is 12.8. The second-order valence-electron chi connectivity index (χ2n) is 6.48. The standard InChI is InChI=1S/C15H24F3NO/c1-10-5-3-6-11(2)19(10)14(20)12-7-4-8-13(9-12)15(16,17)18/h10-13H,3-9H2,1-2H3/t10-,11+,12-,13+/m0/s1. The smallest absolute Gasteiger partial charge is 0.337 e. The summed E-state index contributed by atoms with van der Waals surface area (Å²) >= 11 is 0. The number of amides is 1. The largest absolute Gasteiger partial charge is 0.391 e. The van der Waals surface area contributed by atoms with Gasteiger partial charge in [0.25, 0.3) is 0 Å². The predicted molar refractivity (Wildman–Crippen MR) is 71.1 cm³/mol. The Bertz CT molecular complexity index is 346. The molecule has 1 amide bonds. The van der Waals surface area contributed by atoms with Gasteiger partial charge in [-0.3, -0.25) is 4.79 Å². The third-order valence-corrected chi connectivity index (χ3v) is 4.93. The van der Waals surface area contributed by atoms with E-state index in [0.717, 1.165) is 19.3 Å². The zero-order valence-electron chi connectivity index (χ0n) is 12.2.